The van der Waals surface area contributed by atoms with Gasteiger partial charge in [0.2, 0.25) is 11.9 Å². The highest BCUT2D eigenvalue weighted by atomic mass is 16.1. The predicted molar refractivity (Wildman–Crippen MR) is 109 cm³/mol. The largest absolute Gasteiger partial charge is 0.354 e. The quantitative estimate of drug-likeness (QED) is 0.494. The molecule has 4 aromatic rings. The lowest BCUT2D eigenvalue weighted by Gasteiger charge is -2.29. The van der Waals surface area contributed by atoms with E-state index in [4.69, 9.17) is 0 Å². The third kappa shape index (κ3) is 3.51. The van der Waals surface area contributed by atoms with Crippen molar-refractivity contribution < 1.29 is 4.79 Å². The first kappa shape index (κ1) is 17.6. The van der Waals surface area contributed by atoms with E-state index in [2.05, 4.69) is 35.7 Å². The Bertz CT molecular complexity index is 1170. The zero-order chi connectivity index (χ0) is 19.8. The van der Waals surface area contributed by atoms with Gasteiger partial charge >= 0.3 is 0 Å². The number of aromatic nitrogens is 6. The molecule has 0 saturated heterocycles. The molecule has 4 aromatic heterocycles. The molecule has 9 heteroatoms. The fourth-order valence-electron chi connectivity index (χ4n) is 4.04. The van der Waals surface area contributed by atoms with Crippen molar-refractivity contribution in [2.75, 3.05) is 5.32 Å². The summed E-state index contributed by atoms with van der Waals surface area (Å²) in [5.41, 5.74) is 3.65. The maximum atomic E-state index is 11.2. The number of aromatic amines is 1. The van der Waals surface area contributed by atoms with Gasteiger partial charge in [-0.25, -0.2) is 14.5 Å². The monoisotopic (exact) mass is 390 g/mol. The van der Waals surface area contributed by atoms with E-state index in [-0.39, 0.29) is 11.9 Å². The molecule has 0 radical (unpaired) electrons. The van der Waals surface area contributed by atoms with Crippen molar-refractivity contribution in [3.8, 4) is 11.1 Å². The van der Waals surface area contributed by atoms with Crippen LogP contribution in [0.5, 0.6) is 0 Å². The van der Waals surface area contributed by atoms with E-state index in [1.54, 1.807) is 17.8 Å². The molecule has 4 heterocycles. The fraction of sp³-hybridized carbons (Fsp3) is 0.350. The lowest BCUT2D eigenvalue weighted by Crippen LogP contribution is -2.39. The topological polar surface area (TPSA) is 113 Å². The van der Waals surface area contributed by atoms with Gasteiger partial charge in [0.25, 0.3) is 0 Å². The number of anilines is 1. The van der Waals surface area contributed by atoms with Gasteiger partial charge < -0.3 is 15.6 Å². The Kier molecular flexibility index (Phi) is 4.34. The van der Waals surface area contributed by atoms with Crippen LogP contribution in [0, 0.1) is 0 Å². The van der Waals surface area contributed by atoms with Crippen molar-refractivity contribution in [3.05, 3.63) is 37.1 Å². The third-order valence-electron chi connectivity index (χ3n) is 5.49. The first-order valence-corrected chi connectivity index (χ1v) is 9.83. The van der Waals surface area contributed by atoms with Crippen LogP contribution in [0.25, 0.3) is 27.8 Å². The Balaban J connectivity index is 1.32. The maximum Gasteiger partial charge on any atom is 0.224 e. The van der Waals surface area contributed by atoms with Gasteiger partial charge in [0.1, 0.15) is 12.0 Å². The summed E-state index contributed by atoms with van der Waals surface area (Å²) in [6.45, 7) is 1.57. The second kappa shape index (κ2) is 7.16. The summed E-state index contributed by atoms with van der Waals surface area (Å²) in [7, 11) is 0. The van der Waals surface area contributed by atoms with Crippen LogP contribution >= 0.6 is 0 Å². The number of carbonyl (C=O) groups excluding carboxylic acids is 1. The van der Waals surface area contributed by atoms with Crippen molar-refractivity contribution in [1.82, 2.24) is 34.9 Å². The van der Waals surface area contributed by atoms with Crippen LogP contribution in [0.2, 0.25) is 0 Å². The van der Waals surface area contributed by atoms with E-state index in [0.717, 1.165) is 53.5 Å². The standard InChI is InChI=1S/C20H22N8O/c1-12(29)25-14-3-5-15(6-4-14)26-20-22-9-17-16(8-21-19(17)27-20)13-2-7-18-23-11-24-28(18)10-13/h2,7-11,14-15H,3-6H2,1H3,(H,25,29)(H2,21,22,26,27)/t14-,15-. The summed E-state index contributed by atoms with van der Waals surface area (Å²) < 4.78 is 1.75. The summed E-state index contributed by atoms with van der Waals surface area (Å²) in [6.07, 6.45) is 11.2. The molecule has 148 valence electrons. The molecule has 3 N–H and O–H groups in total. The zero-order valence-corrected chi connectivity index (χ0v) is 16.1. The zero-order valence-electron chi connectivity index (χ0n) is 16.1. The fourth-order valence-corrected chi connectivity index (χ4v) is 4.04. The van der Waals surface area contributed by atoms with E-state index in [1.807, 2.05) is 30.7 Å². The van der Waals surface area contributed by atoms with E-state index in [1.165, 1.54) is 0 Å². The van der Waals surface area contributed by atoms with Crippen molar-refractivity contribution in [3.63, 3.8) is 0 Å². The highest BCUT2D eigenvalue weighted by Gasteiger charge is 2.22. The molecule has 0 unspecified atom stereocenters. The second-order valence-corrected chi connectivity index (χ2v) is 7.53. The SMILES string of the molecule is CC(=O)N[C@H]1CC[C@H](Nc2ncc3c(-c4ccc5ncnn5c4)c[nH]c3n2)CC1. The van der Waals surface area contributed by atoms with E-state index < -0.39 is 0 Å². The van der Waals surface area contributed by atoms with Gasteiger partial charge in [-0.2, -0.15) is 10.1 Å². The number of hydrogen-bond donors (Lipinski definition) is 3. The molecular formula is C20H22N8O. The predicted octanol–water partition coefficient (Wildman–Crippen LogP) is 2.53. The third-order valence-corrected chi connectivity index (χ3v) is 5.49. The van der Waals surface area contributed by atoms with Crippen molar-refractivity contribution >= 4 is 28.5 Å². The van der Waals surface area contributed by atoms with Crippen LogP contribution in [-0.2, 0) is 4.79 Å². The Labute approximate surface area is 167 Å². The molecule has 1 aliphatic rings. The molecular weight excluding hydrogens is 368 g/mol. The van der Waals surface area contributed by atoms with Crippen LogP contribution in [0.4, 0.5) is 5.95 Å². The highest BCUT2D eigenvalue weighted by Crippen LogP contribution is 2.28. The molecule has 0 bridgehead atoms. The minimum Gasteiger partial charge on any atom is -0.354 e. The molecule has 0 spiro atoms. The van der Waals surface area contributed by atoms with Gasteiger partial charge in [0.15, 0.2) is 5.65 Å². The molecule has 29 heavy (non-hydrogen) atoms. The molecule has 1 fully saturated rings. The number of pyridine rings is 1. The summed E-state index contributed by atoms with van der Waals surface area (Å²) in [4.78, 5) is 27.8. The van der Waals surface area contributed by atoms with Gasteiger partial charge in [-0.15, -0.1) is 0 Å². The Morgan fingerprint density at radius 3 is 2.83 bits per heavy atom. The molecule has 0 aliphatic heterocycles. The highest BCUT2D eigenvalue weighted by molar-refractivity contribution is 5.93. The summed E-state index contributed by atoms with van der Waals surface area (Å²) >= 11 is 0. The van der Waals surface area contributed by atoms with Crippen molar-refractivity contribution in [2.45, 2.75) is 44.7 Å². The first-order valence-electron chi connectivity index (χ1n) is 9.83. The van der Waals surface area contributed by atoms with Gasteiger partial charge in [-0.05, 0) is 37.8 Å². The number of nitrogens with zero attached hydrogens (tertiary/aromatic N) is 5. The Morgan fingerprint density at radius 2 is 2.00 bits per heavy atom. The maximum absolute atomic E-state index is 11.2. The van der Waals surface area contributed by atoms with Crippen LogP contribution in [0.15, 0.2) is 37.1 Å². The van der Waals surface area contributed by atoms with Crippen LogP contribution in [0.3, 0.4) is 0 Å². The van der Waals surface area contributed by atoms with Gasteiger partial charge in [0, 0.05) is 54.1 Å². The number of carbonyl (C=O) groups is 1. The van der Waals surface area contributed by atoms with Crippen molar-refractivity contribution in [1.29, 1.82) is 0 Å². The number of amides is 1. The molecule has 1 amide bonds. The van der Waals surface area contributed by atoms with Crippen LogP contribution < -0.4 is 10.6 Å². The summed E-state index contributed by atoms with van der Waals surface area (Å²) in [5.74, 6) is 0.668. The summed E-state index contributed by atoms with van der Waals surface area (Å²) in [5, 5.41) is 11.6. The average Bonchev–Trinajstić information content (AvgIpc) is 3.35. The number of rotatable bonds is 4. The Hall–Kier alpha value is -3.49. The van der Waals surface area contributed by atoms with Crippen molar-refractivity contribution in [2.24, 2.45) is 0 Å². The Morgan fingerprint density at radius 1 is 1.17 bits per heavy atom. The molecule has 0 aromatic carbocycles. The number of hydrogen-bond acceptors (Lipinski definition) is 6. The second-order valence-electron chi connectivity index (χ2n) is 7.53. The van der Waals surface area contributed by atoms with Crippen LogP contribution in [0.1, 0.15) is 32.6 Å². The van der Waals surface area contributed by atoms with Gasteiger partial charge in [0.05, 0.1) is 0 Å². The molecule has 1 saturated carbocycles. The normalized spacial score (nSPS) is 19.5. The smallest absolute Gasteiger partial charge is 0.224 e. The number of H-pyrrole nitrogens is 1. The van der Waals surface area contributed by atoms with Gasteiger partial charge in [-0.1, -0.05) is 0 Å². The molecule has 1 aliphatic carbocycles. The average molecular weight is 390 g/mol. The summed E-state index contributed by atoms with van der Waals surface area (Å²) in [6, 6.07) is 4.56. The number of nitrogens with one attached hydrogen (secondary N) is 3. The lowest BCUT2D eigenvalue weighted by molar-refractivity contribution is -0.119. The molecule has 9 nitrogen and oxygen atoms in total. The van der Waals surface area contributed by atoms with E-state index in [0.29, 0.717) is 12.0 Å². The number of fused-ring (bicyclic) bond motifs is 2. The minimum absolute atomic E-state index is 0.0423. The van der Waals surface area contributed by atoms with E-state index in [9.17, 15) is 4.79 Å². The van der Waals surface area contributed by atoms with E-state index >= 15 is 0 Å². The molecule has 0 atom stereocenters. The minimum atomic E-state index is 0.0423. The lowest BCUT2D eigenvalue weighted by atomic mass is 9.91. The molecule has 5 rings (SSSR count). The van der Waals surface area contributed by atoms with Crippen LogP contribution in [-0.4, -0.2) is 47.5 Å². The van der Waals surface area contributed by atoms with Gasteiger partial charge in [-0.3, -0.25) is 4.79 Å². The first-order chi connectivity index (χ1) is 14.2.